The Morgan fingerprint density at radius 1 is 1.13 bits per heavy atom. The maximum Gasteiger partial charge on any atom is 0.249 e. The molecule has 1 amide bonds. The molecule has 5 heteroatoms. The second kappa shape index (κ2) is 7.32. The summed E-state index contributed by atoms with van der Waals surface area (Å²) < 4.78 is 12.9. The van der Waals surface area contributed by atoms with Crippen LogP contribution in [0.4, 0.5) is 10.1 Å². The molecule has 0 heterocycles. The van der Waals surface area contributed by atoms with Crippen LogP contribution in [-0.4, -0.2) is 11.7 Å². The van der Waals surface area contributed by atoms with E-state index in [1.54, 1.807) is 18.2 Å². The minimum atomic E-state index is -1.48. The number of hydrogen-bond donors (Lipinski definition) is 1. The van der Waals surface area contributed by atoms with Gasteiger partial charge in [0.15, 0.2) is 11.7 Å². The molecule has 0 radical (unpaired) electrons. The summed E-state index contributed by atoms with van der Waals surface area (Å²) in [5, 5.41) is 11.7. The zero-order valence-corrected chi connectivity index (χ0v) is 12.5. The van der Waals surface area contributed by atoms with Gasteiger partial charge in [-0.1, -0.05) is 19.1 Å². The number of benzene rings is 2. The summed E-state index contributed by atoms with van der Waals surface area (Å²) in [6, 6.07) is 13.6. The van der Waals surface area contributed by atoms with Gasteiger partial charge in [-0.05, 0) is 48.4 Å². The van der Waals surface area contributed by atoms with Crippen molar-refractivity contribution in [1.82, 2.24) is 0 Å². The van der Waals surface area contributed by atoms with Crippen molar-refractivity contribution in [2.75, 3.05) is 5.32 Å². The molecule has 0 aliphatic carbocycles. The number of amides is 1. The number of carbonyl (C=O) groups is 2. The van der Waals surface area contributed by atoms with Crippen LogP contribution in [0.5, 0.6) is 0 Å². The number of halogens is 1. The van der Waals surface area contributed by atoms with Crippen molar-refractivity contribution in [2.45, 2.75) is 13.3 Å². The first-order valence-corrected chi connectivity index (χ1v) is 7.14. The van der Waals surface area contributed by atoms with E-state index in [4.69, 9.17) is 5.26 Å². The monoisotopic (exact) mass is 310 g/mol. The lowest BCUT2D eigenvalue weighted by molar-refractivity contribution is -0.117. The summed E-state index contributed by atoms with van der Waals surface area (Å²) in [7, 11) is 0. The average Bonchev–Trinajstić information content (AvgIpc) is 2.56. The number of hydrogen-bond acceptors (Lipinski definition) is 3. The van der Waals surface area contributed by atoms with Crippen LogP contribution in [0.15, 0.2) is 48.5 Å². The molecule has 2 aromatic rings. The third-order valence-electron chi connectivity index (χ3n) is 3.41. The Kier molecular flexibility index (Phi) is 5.21. The van der Waals surface area contributed by atoms with Gasteiger partial charge in [0.2, 0.25) is 5.91 Å². The normalized spacial score (nSPS) is 11.3. The van der Waals surface area contributed by atoms with Crippen molar-refractivity contribution in [3.63, 3.8) is 0 Å². The Morgan fingerprint density at radius 2 is 1.74 bits per heavy atom. The van der Waals surface area contributed by atoms with Crippen molar-refractivity contribution in [1.29, 1.82) is 5.26 Å². The van der Waals surface area contributed by atoms with E-state index < -0.39 is 23.4 Å². The fraction of sp³-hybridized carbons (Fsp3) is 0.167. The number of rotatable bonds is 5. The van der Waals surface area contributed by atoms with Gasteiger partial charge in [0.05, 0.1) is 6.07 Å². The van der Waals surface area contributed by atoms with E-state index in [1.165, 1.54) is 12.1 Å². The van der Waals surface area contributed by atoms with E-state index >= 15 is 0 Å². The number of nitrogens with one attached hydrogen (secondary N) is 1. The third kappa shape index (κ3) is 4.01. The van der Waals surface area contributed by atoms with Crippen molar-refractivity contribution >= 4 is 17.4 Å². The predicted molar refractivity (Wildman–Crippen MR) is 84.3 cm³/mol. The predicted octanol–water partition coefficient (Wildman–Crippen LogP) is 3.35. The quantitative estimate of drug-likeness (QED) is 0.680. The summed E-state index contributed by atoms with van der Waals surface area (Å²) in [6.45, 7) is 2.01. The number of carbonyl (C=O) groups excluding carboxylic acids is 2. The molecular formula is C18H15FN2O2. The molecule has 0 bridgehead atoms. The second-order valence-corrected chi connectivity index (χ2v) is 4.97. The molecule has 116 valence electrons. The van der Waals surface area contributed by atoms with Crippen LogP contribution in [0.2, 0.25) is 0 Å². The van der Waals surface area contributed by atoms with E-state index in [9.17, 15) is 14.0 Å². The third-order valence-corrected chi connectivity index (χ3v) is 3.41. The van der Waals surface area contributed by atoms with E-state index in [0.29, 0.717) is 5.69 Å². The topological polar surface area (TPSA) is 70.0 Å². The van der Waals surface area contributed by atoms with Crippen LogP contribution in [-0.2, 0) is 11.2 Å². The van der Waals surface area contributed by atoms with Crippen LogP contribution in [0.25, 0.3) is 0 Å². The number of ketones is 1. The van der Waals surface area contributed by atoms with Gasteiger partial charge in [0.25, 0.3) is 0 Å². The molecule has 0 aliphatic heterocycles. The van der Waals surface area contributed by atoms with Gasteiger partial charge in [0, 0.05) is 11.3 Å². The molecule has 0 aromatic heterocycles. The first-order chi connectivity index (χ1) is 11.0. The number of Topliss-reactive ketones (excluding diaryl/α,β-unsaturated/α-hetero) is 1. The smallest absolute Gasteiger partial charge is 0.249 e. The van der Waals surface area contributed by atoms with Gasteiger partial charge in [-0.3, -0.25) is 9.59 Å². The molecule has 4 nitrogen and oxygen atoms in total. The molecule has 0 aliphatic rings. The van der Waals surface area contributed by atoms with Crippen LogP contribution < -0.4 is 5.32 Å². The Bertz CT molecular complexity index is 746. The van der Waals surface area contributed by atoms with Crippen molar-refractivity contribution in [3.05, 3.63) is 65.5 Å². The first kappa shape index (κ1) is 16.4. The Morgan fingerprint density at radius 3 is 2.26 bits per heavy atom. The molecule has 0 spiro atoms. The fourth-order valence-electron chi connectivity index (χ4n) is 2.06. The number of anilines is 1. The lowest BCUT2D eigenvalue weighted by Crippen LogP contribution is -2.28. The summed E-state index contributed by atoms with van der Waals surface area (Å²) >= 11 is 0. The van der Waals surface area contributed by atoms with Gasteiger partial charge in [-0.2, -0.15) is 5.26 Å². The van der Waals surface area contributed by atoms with Crippen LogP contribution in [0.1, 0.15) is 22.8 Å². The van der Waals surface area contributed by atoms with E-state index in [1.807, 2.05) is 19.1 Å². The van der Waals surface area contributed by atoms with E-state index in [-0.39, 0.29) is 5.56 Å². The number of nitrogens with zero attached hydrogens (tertiary/aromatic N) is 1. The van der Waals surface area contributed by atoms with E-state index in [2.05, 4.69) is 5.32 Å². The molecule has 0 saturated carbocycles. The summed E-state index contributed by atoms with van der Waals surface area (Å²) in [4.78, 5) is 24.4. The molecule has 0 unspecified atom stereocenters. The number of aryl methyl sites for hydroxylation is 1. The van der Waals surface area contributed by atoms with Gasteiger partial charge in [-0.25, -0.2) is 4.39 Å². The molecular weight excluding hydrogens is 295 g/mol. The van der Waals surface area contributed by atoms with Crippen molar-refractivity contribution in [2.24, 2.45) is 5.92 Å². The minimum Gasteiger partial charge on any atom is -0.325 e. The highest BCUT2D eigenvalue weighted by Crippen LogP contribution is 2.14. The summed E-state index contributed by atoms with van der Waals surface area (Å²) in [5.74, 6) is -3.33. The van der Waals surface area contributed by atoms with E-state index in [0.717, 1.165) is 24.1 Å². The standard InChI is InChI=1S/C18H15FN2O2/c1-2-12-3-9-15(10-4-12)21-18(23)16(11-20)17(22)13-5-7-14(19)8-6-13/h3-10,16H,2H2,1H3,(H,21,23)/t16-/m0/s1. The minimum absolute atomic E-state index is 0.120. The SMILES string of the molecule is CCc1ccc(NC(=O)[C@@H](C#N)C(=O)c2ccc(F)cc2)cc1. The molecule has 0 fully saturated rings. The molecule has 23 heavy (non-hydrogen) atoms. The second-order valence-electron chi connectivity index (χ2n) is 4.97. The van der Waals surface area contributed by atoms with Crippen molar-refractivity contribution in [3.8, 4) is 6.07 Å². The highest BCUT2D eigenvalue weighted by atomic mass is 19.1. The molecule has 1 N–H and O–H groups in total. The Labute approximate surface area is 133 Å². The van der Waals surface area contributed by atoms with Gasteiger partial charge in [-0.15, -0.1) is 0 Å². The van der Waals surface area contributed by atoms with Gasteiger partial charge < -0.3 is 5.32 Å². The Balaban J connectivity index is 2.13. The lowest BCUT2D eigenvalue weighted by atomic mass is 9.98. The highest BCUT2D eigenvalue weighted by Gasteiger charge is 2.27. The Hall–Kier alpha value is -3.00. The average molecular weight is 310 g/mol. The fourth-order valence-corrected chi connectivity index (χ4v) is 2.06. The lowest BCUT2D eigenvalue weighted by Gasteiger charge is -2.10. The maximum atomic E-state index is 12.9. The van der Waals surface area contributed by atoms with Gasteiger partial charge in [0.1, 0.15) is 5.82 Å². The maximum absolute atomic E-state index is 12.9. The molecule has 1 atom stereocenters. The first-order valence-electron chi connectivity index (χ1n) is 7.14. The van der Waals surface area contributed by atoms with Gasteiger partial charge >= 0.3 is 0 Å². The molecule has 2 rings (SSSR count). The number of nitriles is 1. The van der Waals surface area contributed by atoms with Crippen LogP contribution >= 0.6 is 0 Å². The summed E-state index contributed by atoms with van der Waals surface area (Å²) in [5.41, 5.74) is 1.75. The zero-order chi connectivity index (χ0) is 16.8. The van der Waals surface area contributed by atoms with Crippen molar-refractivity contribution < 1.29 is 14.0 Å². The van der Waals surface area contributed by atoms with Crippen LogP contribution in [0.3, 0.4) is 0 Å². The molecule has 0 saturated heterocycles. The zero-order valence-electron chi connectivity index (χ0n) is 12.5. The largest absolute Gasteiger partial charge is 0.325 e. The van der Waals surface area contributed by atoms with Crippen LogP contribution in [0, 0.1) is 23.1 Å². The highest BCUT2D eigenvalue weighted by molar-refractivity contribution is 6.15. The molecule has 2 aromatic carbocycles. The summed E-state index contributed by atoms with van der Waals surface area (Å²) in [6.07, 6.45) is 0.873.